The van der Waals surface area contributed by atoms with Crippen LogP contribution in [0.2, 0.25) is 10.0 Å². The van der Waals surface area contributed by atoms with Crippen molar-refractivity contribution in [3.8, 4) is 23.0 Å². The maximum atomic E-state index is 11.5. The number of nitrogens with zero attached hydrogens (tertiary/aromatic N) is 3. The van der Waals surface area contributed by atoms with Crippen LogP contribution in [0, 0.1) is 24.0 Å². The number of fused-ring (bicyclic) bond motifs is 2. The molecule has 50 heavy (non-hydrogen) atoms. The van der Waals surface area contributed by atoms with Crippen LogP contribution in [0.1, 0.15) is 22.8 Å². The van der Waals surface area contributed by atoms with E-state index >= 15 is 0 Å². The van der Waals surface area contributed by atoms with Crippen molar-refractivity contribution in [1.82, 2.24) is 19.9 Å². The average Bonchev–Trinajstić information content (AvgIpc) is 3.65. The molecule has 0 amide bonds. The number of H-pyrrole nitrogens is 2. The number of ether oxygens (including phenoxy) is 4. The fourth-order valence-electron chi connectivity index (χ4n) is 4.90. The van der Waals surface area contributed by atoms with Gasteiger partial charge in [0.1, 0.15) is 34.4 Å². The van der Waals surface area contributed by atoms with E-state index in [0.29, 0.717) is 44.6 Å². The molecule has 0 spiro atoms. The first-order valence-electron chi connectivity index (χ1n) is 14.8. The molecule has 0 fully saturated rings. The van der Waals surface area contributed by atoms with Crippen LogP contribution in [-0.4, -0.2) is 51.0 Å². The quantitative estimate of drug-likeness (QED) is 0.0576. The standard InChI is InChI=1S/C17H14ClN3O5.C17H16ClN3O3/c1-9-19-12-4-6-14(17(21(23)24)16(12)20-9)26-13-5-3-10(7-11(13)18)8-15(22)25-2;1-9-20-12-4-6-14(16(19)17(12)21-9)24-13-5-3-10(7-11(13)18)8-15(22)23-2/h3-7H,8H2,1-2H3,(H,19,20);3-7H,8,19H2,1-2H3,(H,20,21). The van der Waals surface area contributed by atoms with Crippen molar-refractivity contribution in [3.05, 3.63) is 104 Å². The molecule has 14 nitrogen and oxygen atoms in total. The van der Waals surface area contributed by atoms with Gasteiger partial charge in [0.15, 0.2) is 11.3 Å². The zero-order valence-electron chi connectivity index (χ0n) is 27.1. The second-order valence-corrected chi connectivity index (χ2v) is 11.6. The lowest BCUT2D eigenvalue weighted by Crippen LogP contribution is -2.04. The SMILES string of the molecule is COC(=O)Cc1ccc(Oc2ccc3[nH]c(C)nc3c2N)c(Cl)c1.COC(=O)Cc1ccc(Oc2ccc3[nH]c(C)nc3c2[N+](=O)[O-])c(Cl)c1. The van der Waals surface area contributed by atoms with Crippen molar-refractivity contribution in [2.24, 2.45) is 0 Å². The summed E-state index contributed by atoms with van der Waals surface area (Å²) in [5.74, 6) is 1.78. The number of rotatable bonds is 9. The summed E-state index contributed by atoms with van der Waals surface area (Å²) in [5, 5.41) is 12.1. The molecule has 4 aromatic carbocycles. The van der Waals surface area contributed by atoms with Crippen LogP contribution in [0.25, 0.3) is 22.1 Å². The van der Waals surface area contributed by atoms with E-state index in [9.17, 15) is 19.7 Å². The van der Waals surface area contributed by atoms with E-state index in [1.165, 1.54) is 20.3 Å². The number of nitro groups is 1. The molecule has 6 rings (SSSR count). The number of esters is 2. The molecule has 0 bridgehead atoms. The van der Waals surface area contributed by atoms with Crippen molar-refractivity contribution in [1.29, 1.82) is 0 Å². The zero-order chi connectivity index (χ0) is 36.1. The van der Waals surface area contributed by atoms with Gasteiger partial charge in [-0.1, -0.05) is 35.3 Å². The van der Waals surface area contributed by atoms with Crippen molar-refractivity contribution in [3.63, 3.8) is 0 Å². The molecule has 2 aromatic heterocycles. The molecule has 0 atom stereocenters. The summed E-state index contributed by atoms with van der Waals surface area (Å²) in [4.78, 5) is 48.2. The fraction of sp³-hybridized carbons (Fsp3) is 0.176. The Morgan fingerprint density at radius 1 is 0.740 bits per heavy atom. The summed E-state index contributed by atoms with van der Waals surface area (Å²) in [7, 11) is 2.64. The number of methoxy groups -OCH3 is 2. The van der Waals surface area contributed by atoms with Gasteiger partial charge in [0, 0.05) is 0 Å². The molecule has 2 heterocycles. The predicted molar refractivity (Wildman–Crippen MR) is 187 cm³/mol. The van der Waals surface area contributed by atoms with E-state index in [4.69, 9.17) is 38.4 Å². The molecule has 6 aromatic rings. The van der Waals surface area contributed by atoms with Gasteiger partial charge >= 0.3 is 17.6 Å². The number of aromatic nitrogens is 4. The van der Waals surface area contributed by atoms with E-state index in [0.717, 1.165) is 16.9 Å². The molecule has 16 heteroatoms. The third kappa shape index (κ3) is 8.05. The molecule has 0 aliphatic carbocycles. The summed E-state index contributed by atoms with van der Waals surface area (Å²) >= 11 is 12.4. The van der Waals surface area contributed by atoms with Crippen LogP contribution in [0.5, 0.6) is 23.0 Å². The Labute approximate surface area is 294 Å². The minimum atomic E-state index is -0.544. The van der Waals surface area contributed by atoms with E-state index < -0.39 is 10.9 Å². The van der Waals surface area contributed by atoms with Gasteiger partial charge in [-0.2, -0.15) is 0 Å². The summed E-state index contributed by atoms with van der Waals surface area (Å²) in [6, 6.07) is 16.6. The van der Waals surface area contributed by atoms with Gasteiger partial charge in [0.2, 0.25) is 5.75 Å². The number of carbonyl (C=O) groups is 2. The third-order valence-electron chi connectivity index (χ3n) is 7.25. The van der Waals surface area contributed by atoms with Gasteiger partial charge in [0.25, 0.3) is 0 Å². The smallest absolute Gasteiger partial charge is 0.339 e. The number of hydrogen-bond acceptors (Lipinski definition) is 11. The van der Waals surface area contributed by atoms with E-state index in [1.54, 1.807) is 55.5 Å². The first-order valence-corrected chi connectivity index (χ1v) is 15.6. The Kier molecular flexibility index (Phi) is 10.7. The number of hydrogen-bond donors (Lipinski definition) is 3. The number of aryl methyl sites for hydroxylation is 2. The van der Waals surface area contributed by atoms with Gasteiger partial charge in [-0.05, 0) is 73.5 Å². The average molecular weight is 722 g/mol. The van der Waals surface area contributed by atoms with E-state index in [-0.39, 0.29) is 46.5 Å². The fourth-order valence-corrected chi connectivity index (χ4v) is 5.39. The highest BCUT2D eigenvalue weighted by Crippen LogP contribution is 2.39. The largest absolute Gasteiger partial charge is 0.469 e. The molecule has 0 unspecified atom stereocenters. The summed E-state index contributed by atoms with van der Waals surface area (Å²) in [5.41, 5.74) is 9.96. The highest BCUT2D eigenvalue weighted by Gasteiger charge is 2.24. The number of nitrogens with two attached hydrogens (primary N) is 1. The second kappa shape index (κ2) is 15.1. The molecule has 0 saturated heterocycles. The first-order chi connectivity index (χ1) is 23.9. The maximum absolute atomic E-state index is 11.5. The molecule has 0 radical (unpaired) electrons. The number of imidazole rings is 2. The topological polar surface area (TPSA) is 198 Å². The first kappa shape index (κ1) is 35.4. The molecule has 258 valence electrons. The zero-order valence-corrected chi connectivity index (χ0v) is 28.6. The summed E-state index contributed by atoms with van der Waals surface area (Å²) < 4.78 is 20.7. The van der Waals surface area contributed by atoms with Gasteiger partial charge < -0.3 is 34.6 Å². The van der Waals surface area contributed by atoms with Gasteiger partial charge in [-0.25, -0.2) is 9.97 Å². The molecule has 4 N–H and O–H groups in total. The lowest BCUT2D eigenvalue weighted by atomic mass is 10.1. The highest BCUT2D eigenvalue weighted by atomic mass is 35.5. The number of nitro benzene ring substituents is 1. The molecular weight excluding hydrogens is 691 g/mol. The van der Waals surface area contributed by atoms with Crippen LogP contribution >= 0.6 is 23.2 Å². The summed E-state index contributed by atoms with van der Waals surface area (Å²) in [6.07, 6.45) is 0.215. The predicted octanol–water partition coefficient (Wildman–Crippen LogP) is 7.56. The van der Waals surface area contributed by atoms with Gasteiger partial charge in [-0.15, -0.1) is 0 Å². The minimum absolute atomic E-state index is 0.0246. The van der Waals surface area contributed by atoms with E-state index in [2.05, 4.69) is 29.4 Å². The van der Waals surface area contributed by atoms with Crippen molar-refractivity contribution < 1.29 is 33.5 Å². The normalized spacial score (nSPS) is 10.8. The van der Waals surface area contributed by atoms with Crippen LogP contribution in [0.4, 0.5) is 11.4 Å². The van der Waals surface area contributed by atoms with E-state index in [1.807, 2.05) is 13.0 Å². The molecule has 0 aliphatic rings. The van der Waals surface area contributed by atoms with Crippen molar-refractivity contribution in [2.75, 3.05) is 20.0 Å². The Bertz CT molecular complexity index is 2250. The minimum Gasteiger partial charge on any atom is -0.469 e. The van der Waals surface area contributed by atoms with Crippen molar-refractivity contribution >= 4 is 68.6 Å². The number of nitrogen functional groups attached to an aromatic ring is 1. The molecule has 0 aliphatic heterocycles. The lowest BCUT2D eigenvalue weighted by molar-refractivity contribution is -0.384. The van der Waals surface area contributed by atoms with Gasteiger partial charge in [0.05, 0.1) is 53.1 Å². The number of benzene rings is 4. The number of aromatic amines is 2. The van der Waals surface area contributed by atoms with Crippen LogP contribution in [-0.2, 0) is 31.9 Å². The van der Waals surface area contributed by atoms with Gasteiger partial charge in [-0.3, -0.25) is 19.7 Å². The second-order valence-electron chi connectivity index (χ2n) is 10.8. The van der Waals surface area contributed by atoms with Crippen LogP contribution in [0.3, 0.4) is 0 Å². The van der Waals surface area contributed by atoms with Crippen molar-refractivity contribution in [2.45, 2.75) is 26.7 Å². The Morgan fingerprint density at radius 2 is 1.18 bits per heavy atom. The van der Waals surface area contributed by atoms with Crippen LogP contribution < -0.4 is 15.2 Å². The number of carbonyl (C=O) groups excluding carboxylic acids is 2. The number of anilines is 1. The molecule has 0 saturated carbocycles. The number of halogens is 2. The number of nitrogens with one attached hydrogen (secondary N) is 2. The monoisotopic (exact) mass is 720 g/mol. The Morgan fingerprint density at radius 3 is 1.66 bits per heavy atom. The molecular formula is C34H30Cl2N6O8. The Balaban J connectivity index is 0.000000195. The van der Waals surface area contributed by atoms with Crippen LogP contribution in [0.15, 0.2) is 60.7 Å². The summed E-state index contributed by atoms with van der Waals surface area (Å²) in [6.45, 7) is 3.57. The Hall–Kier alpha value is -5.86. The third-order valence-corrected chi connectivity index (χ3v) is 7.84. The lowest BCUT2D eigenvalue weighted by Gasteiger charge is -2.11. The highest BCUT2D eigenvalue weighted by molar-refractivity contribution is 6.32. The maximum Gasteiger partial charge on any atom is 0.339 e.